The Balaban J connectivity index is 0.00000133. The molecule has 0 saturated carbocycles. The van der Waals surface area contributed by atoms with Gasteiger partial charge in [-0.3, -0.25) is 4.79 Å². The first-order valence-corrected chi connectivity index (χ1v) is 8.97. The molecule has 4 N–H and O–H groups in total. The number of para-hydroxylation sites is 1. The Kier molecular flexibility index (Phi) is 13.5. The number of anilines is 2. The SMILES string of the molecule is C=C.Cc1ccc(NCCN(CCN)c2ccccc2C#N)cc1Cl.O=CO. The summed E-state index contributed by atoms with van der Waals surface area (Å²) in [6, 6.07) is 15.8. The second kappa shape index (κ2) is 15.1. The van der Waals surface area contributed by atoms with E-state index in [9.17, 15) is 5.26 Å². The highest BCUT2D eigenvalue weighted by atomic mass is 35.5. The molecular weight excluding hydrogens is 376 g/mol. The van der Waals surface area contributed by atoms with Gasteiger partial charge in [-0.2, -0.15) is 5.26 Å². The molecule has 0 heterocycles. The fourth-order valence-corrected chi connectivity index (χ4v) is 2.57. The lowest BCUT2D eigenvalue weighted by Crippen LogP contribution is -2.34. The molecule has 0 atom stereocenters. The molecule has 0 fully saturated rings. The summed E-state index contributed by atoms with van der Waals surface area (Å²) in [5.74, 6) is 0. The van der Waals surface area contributed by atoms with Crippen LogP contribution in [0.3, 0.4) is 0 Å². The van der Waals surface area contributed by atoms with Gasteiger partial charge in [0.15, 0.2) is 0 Å². The summed E-state index contributed by atoms with van der Waals surface area (Å²) in [6.45, 7) is 10.5. The lowest BCUT2D eigenvalue weighted by atomic mass is 10.1. The third-order valence-electron chi connectivity index (χ3n) is 3.65. The van der Waals surface area contributed by atoms with Crippen molar-refractivity contribution in [2.75, 3.05) is 36.4 Å². The molecule has 2 rings (SSSR count). The number of hydrogen-bond donors (Lipinski definition) is 3. The fraction of sp³-hybridized carbons (Fsp3) is 0.238. The van der Waals surface area contributed by atoms with E-state index in [1.165, 1.54) is 0 Å². The molecule has 0 saturated heterocycles. The van der Waals surface area contributed by atoms with E-state index in [1.54, 1.807) is 0 Å². The van der Waals surface area contributed by atoms with Gasteiger partial charge < -0.3 is 21.1 Å². The monoisotopic (exact) mass is 402 g/mol. The Labute approximate surface area is 171 Å². The van der Waals surface area contributed by atoms with E-state index in [0.717, 1.165) is 35.1 Å². The van der Waals surface area contributed by atoms with Gasteiger partial charge in [-0.05, 0) is 36.8 Å². The molecule has 0 aliphatic carbocycles. The molecule has 150 valence electrons. The van der Waals surface area contributed by atoms with Crippen LogP contribution in [-0.2, 0) is 4.79 Å². The second-order valence-corrected chi connectivity index (χ2v) is 5.81. The Bertz CT molecular complexity index is 762. The Hall–Kier alpha value is -3.01. The van der Waals surface area contributed by atoms with Gasteiger partial charge in [-0.1, -0.05) is 29.8 Å². The summed E-state index contributed by atoms with van der Waals surface area (Å²) in [6.07, 6.45) is 0. The molecule has 0 aliphatic rings. The number of nitriles is 1. The minimum Gasteiger partial charge on any atom is -0.483 e. The number of carboxylic acid groups (broad SMARTS) is 1. The van der Waals surface area contributed by atoms with Crippen LogP contribution in [0.15, 0.2) is 55.6 Å². The largest absolute Gasteiger partial charge is 0.483 e. The van der Waals surface area contributed by atoms with Crippen molar-refractivity contribution in [2.45, 2.75) is 6.92 Å². The zero-order valence-corrected chi connectivity index (χ0v) is 16.8. The highest BCUT2D eigenvalue weighted by Gasteiger charge is 2.10. The molecular formula is C21H27ClN4O2. The summed E-state index contributed by atoms with van der Waals surface area (Å²) in [5.41, 5.74) is 9.35. The number of halogens is 1. The van der Waals surface area contributed by atoms with Crippen molar-refractivity contribution in [1.82, 2.24) is 0 Å². The van der Waals surface area contributed by atoms with Gasteiger partial charge in [0, 0.05) is 36.9 Å². The zero-order chi connectivity index (χ0) is 21.4. The number of nitrogens with zero attached hydrogens (tertiary/aromatic N) is 2. The number of nitrogens with two attached hydrogens (primary N) is 1. The third kappa shape index (κ3) is 8.58. The van der Waals surface area contributed by atoms with Crippen LogP contribution in [0, 0.1) is 18.3 Å². The van der Waals surface area contributed by atoms with E-state index < -0.39 is 0 Å². The van der Waals surface area contributed by atoms with Gasteiger partial charge in [0.05, 0.1) is 11.3 Å². The minimum atomic E-state index is -0.250. The van der Waals surface area contributed by atoms with Gasteiger partial charge in [0.2, 0.25) is 0 Å². The minimum absolute atomic E-state index is 0.250. The standard InChI is InChI=1S/C18H21ClN4.C2H4.CH2O2/c1-14-6-7-16(12-17(14)19)22-9-11-23(10-8-20)18-5-3-2-4-15(18)13-21;1-2;2-1-3/h2-7,12,22H,8-11,20H2,1H3;1-2H2;1H,(H,2,3). The van der Waals surface area contributed by atoms with E-state index in [1.807, 2.05) is 49.4 Å². The maximum absolute atomic E-state index is 9.26. The van der Waals surface area contributed by atoms with Crippen molar-refractivity contribution in [3.05, 3.63) is 71.8 Å². The number of carbonyl (C=O) groups is 1. The first-order valence-electron chi connectivity index (χ1n) is 8.59. The zero-order valence-electron chi connectivity index (χ0n) is 16.1. The molecule has 0 aromatic heterocycles. The lowest BCUT2D eigenvalue weighted by molar-refractivity contribution is -0.122. The first kappa shape index (κ1) is 25.0. The highest BCUT2D eigenvalue weighted by Crippen LogP contribution is 2.21. The molecule has 28 heavy (non-hydrogen) atoms. The Morgan fingerprint density at radius 2 is 1.93 bits per heavy atom. The van der Waals surface area contributed by atoms with Crippen LogP contribution in [0.1, 0.15) is 11.1 Å². The van der Waals surface area contributed by atoms with Crippen LogP contribution in [0.5, 0.6) is 0 Å². The van der Waals surface area contributed by atoms with Crippen LogP contribution in [0.2, 0.25) is 5.02 Å². The molecule has 2 aromatic carbocycles. The van der Waals surface area contributed by atoms with Crippen LogP contribution in [0.4, 0.5) is 11.4 Å². The molecule has 0 spiro atoms. The van der Waals surface area contributed by atoms with Crippen molar-refractivity contribution < 1.29 is 9.90 Å². The van der Waals surface area contributed by atoms with Crippen molar-refractivity contribution in [1.29, 1.82) is 5.26 Å². The van der Waals surface area contributed by atoms with Crippen LogP contribution in [0.25, 0.3) is 0 Å². The Morgan fingerprint density at radius 3 is 2.50 bits per heavy atom. The quantitative estimate of drug-likeness (QED) is 0.479. The normalized spacial score (nSPS) is 8.93. The number of nitrogens with one attached hydrogen (secondary N) is 1. The predicted molar refractivity (Wildman–Crippen MR) is 117 cm³/mol. The van der Waals surface area contributed by atoms with E-state index >= 15 is 0 Å². The van der Waals surface area contributed by atoms with Crippen LogP contribution < -0.4 is 16.0 Å². The third-order valence-corrected chi connectivity index (χ3v) is 4.05. The summed E-state index contributed by atoms with van der Waals surface area (Å²) in [7, 11) is 0. The molecule has 0 unspecified atom stereocenters. The average Bonchev–Trinajstić information content (AvgIpc) is 2.72. The summed E-state index contributed by atoms with van der Waals surface area (Å²) in [4.78, 5) is 10.5. The lowest BCUT2D eigenvalue weighted by Gasteiger charge is -2.25. The summed E-state index contributed by atoms with van der Waals surface area (Å²) in [5, 5.41) is 20.3. The van der Waals surface area contributed by atoms with E-state index in [2.05, 4.69) is 29.4 Å². The summed E-state index contributed by atoms with van der Waals surface area (Å²) >= 11 is 6.14. The number of rotatable bonds is 7. The van der Waals surface area contributed by atoms with Gasteiger partial charge in [0.25, 0.3) is 6.47 Å². The second-order valence-electron chi connectivity index (χ2n) is 5.40. The molecule has 0 bridgehead atoms. The molecule has 2 aromatic rings. The molecule has 0 radical (unpaired) electrons. The van der Waals surface area contributed by atoms with E-state index in [0.29, 0.717) is 18.7 Å². The number of benzene rings is 2. The van der Waals surface area contributed by atoms with Gasteiger partial charge in [-0.15, -0.1) is 13.2 Å². The number of aryl methyl sites for hydroxylation is 1. The van der Waals surface area contributed by atoms with Gasteiger partial charge in [-0.25, -0.2) is 0 Å². The van der Waals surface area contributed by atoms with Crippen LogP contribution >= 0.6 is 11.6 Å². The van der Waals surface area contributed by atoms with E-state index in [-0.39, 0.29) is 6.47 Å². The topological polar surface area (TPSA) is 102 Å². The number of hydrogen-bond acceptors (Lipinski definition) is 5. The predicted octanol–water partition coefficient (Wildman–Crippen LogP) is 3.90. The van der Waals surface area contributed by atoms with Crippen molar-refractivity contribution in [3.63, 3.8) is 0 Å². The maximum Gasteiger partial charge on any atom is 0.290 e. The average molecular weight is 403 g/mol. The van der Waals surface area contributed by atoms with Crippen LogP contribution in [-0.4, -0.2) is 37.8 Å². The first-order chi connectivity index (χ1) is 13.6. The molecule has 7 heteroatoms. The van der Waals surface area contributed by atoms with E-state index in [4.69, 9.17) is 27.2 Å². The Morgan fingerprint density at radius 1 is 1.29 bits per heavy atom. The van der Waals surface area contributed by atoms with Gasteiger partial charge in [0.1, 0.15) is 6.07 Å². The molecule has 6 nitrogen and oxygen atoms in total. The summed E-state index contributed by atoms with van der Waals surface area (Å²) < 4.78 is 0. The van der Waals surface area contributed by atoms with Gasteiger partial charge >= 0.3 is 0 Å². The maximum atomic E-state index is 9.26. The van der Waals surface area contributed by atoms with Crippen molar-refractivity contribution in [3.8, 4) is 6.07 Å². The van der Waals surface area contributed by atoms with Crippen molar-refractivity contribution in [2.24, 2.45) is 5.73 Å². The molecule has 0 aliphatic heterocycles. The molecule has 0 amide bonds. The van der Waals surface area contributed by atoms with Crippen molar-refractivity contribution >= 4 is 29.4 Å². The highest BCUT2D eigenvalue weighted by molar-refractivity contribution is 6.31. The smallest absolute Gasteiger partial charge is 0.290 e. The fourth-order valence-electron chi connectivity index (χ4n) is 2.39.